The molecule has 0 spiro atoms. The van der Waals surface area contributed by atoms with Crippen LogP contribution in [-0.2, 0) is 20.9 Å². The van der Waals surface area contributed by atoms with Crippen molar-refractivity contribution in [2.24, 2.45) is 5.10 Å². The van der Waals surface area contributed by atoms with Crippen molar-refractivity contribution in [2.75, 3.05) is 20.3 Å². The molecule has 0 bridgehead atoms. The quantitative estimate of drug-likeness (QED) is 0.0803. The Hall–Kier alpha value is -4.17. The van der Waals surface area contributed by atoms with Gasteiger partial charge in [0, 0.05) is 20.4 Å². The number of hydrogen-bond donors (Lipinski definition) is 3. The maximum Gasteiger partial charge on any atom is 0.338 e. The topological polar surface area (TPSA) is 120 Å². The monoisotopic (exact) mass is 714 g/mol. The minimum absolute atomic E-state index is 0.223. The van der Waals surface area contributed by atoms with E-state index in [-0.39, 0.29) is 13.2 Å². The maximum atomic E-state index is 12.8. The van der Waals surface area contributed by atoms with Crippen LogP contribution in [0.25, 0.3) is 0 Å². The van der Waals surface area contributed by atoms with Gasteiger partial charge in [-0.2, -0.15) is 5.10 Å². The van der Waals surface area contributed by atoms with E-state index in [0.717, 1.165) is 9.13 Å². The lowest BCUT2D eigenvalue weighted by Crippen LogP contribution is -2.45. The van der Waals surface area contributed by atoms with E-state index in [1.54, 1.807) is 39.2 Å². The lowest BCUT2D eigenvalue weighted by Gasteiger charge is -2.30. The van der Waals surface area contributed by atoms with Crippen molar-refractivity contribution in [3.63, 3.8) is 0 Å². The molecular formula is C31H31IN4O6S. The summed E-state index contributed by atoms with van der Waals surface area (Å²) in [5.41, 5.74) is 5.70. The van der Waals surface area contributed by atoms with Crippen molar-refractivity contribution in [1.29, 1.82) is 0 Å². The summed E-state index contributed by atoms with van der Waals surface area (Å²) in [4.78, 5) is 25.5. The van der Waals surface area contributed by atoms with Gasteiger partial charge in [0.1, 0.15) is 12.4 Å². The normalized spacial score (nSPS) is 14.5. The summed E-state index contributed by atoms with van der Waals surface area (Å²) >= 11 is 7.50. The largest absolute Gasteiger partial charge is 0.493 e. The zero-order chi connectivity index (χ0) is 30.8. The molecule has 1 heterocycles. The Kier molecular flexibility index (Phi) is 11.3. The van der Waals surface area contributed by atoms with Crippen molar-refractivity contribution >= 4 is 58.0 Å². The number of hydrazone groups is 1. The standard InChI is InChI=1S/C31H31IN4O6S/c1-4-40-30(38)27-19(2)34-31(43)35-28(27)23-12-8-9-13-24(23)41-18-26(37)36-33-16-21-14-22(32)15-25(39-3)29(21)42-17-20-10-6-5-7-11-20/h5-16,28H,4,17-18H2,1-3H3,(H,36,37)(H2,34,35,43)/t28-/m0/s1. The smallest absolute Gasteiger partial charge is 0.338 e. The number of para-hydroxylation sites is 1. The first-order valence-electron chi connectivity index (χ1n) is 13.3. The number of amides is 1. The van der Waals surface area contributed by atoms with E-state index in [0.29, 0.717) is 51.4 Å². The second kappa shape index (κ2) is 15.3. The highest BCUT2D eigenvalue weighted by Gasteiger charge is 2.32. The van der Waals surface area contributed by atoms with Gasteiger partial charge in [-0.05, 0) is 72.4 Å². The zero-order valence-corrected chi connectivity index (χ0v) is 26.8. The molecule has 4 rings (SSSR count). The highest BCUT2D eigenvalue weighted by molar-refractivity contribution is 14.1. The first-order chi connectivity index (χ1) is 20.8. The van der Waals surface area contributed by atoms with E-state index in [1.807, 2.05) is 48.5 Å². The minimum Gasteiger partial charge on any atom is -0.493 e. The van der Waals surface area contributed by atoms with E-state index in [2.05, 4.69) is 43.8 Å². The number of ether oxygens (including phenoxy) is 4. The average molecular weight is 715 g/mol. The van der Waals surface area contributed by atoms with Crippen LogP contribution in [0.15, 0.2) is 83.1 Å². The number of benzene rings is 3. The summed E-state index contributed by atoms with van der Waals surface area (Å²) in [5, 5.41) is 10.6. The van der Waals surface area contributed by atoms with Crippen molar-refractivity contribution in [3.8, 4) is 17.2 Å². The third-order valence-electron chi connectivity index (χ3n) is 6.24. The molecule has 0 aliphatic carbocycles. The predicted octanol–water partition coefficient (Wildman–Crippen LogP) is 4.76. The Morgan fingerprint density at radius 2 is 1.81 bits per heavy atom. The highest BCUT2D eigenvalue weighted by atomic mass is 127. The van der Waals surface area contributed by atoms with Crippen LogP contribution in [0, 0.1) is 3.57 Å². The molecule has 3 aromatic carbocycles. The summed E-state index contributed by atoms with van der Waals surface area (Å²) < 4.78 is 23.7. The van der Waals surface area contributed by atoms with Crippen LogP contribution < -0.4 is 30.3 Å². The molecule has 1 amide bonds. The number of esters is 1. The summed E-state index contributed by atoms with van der Waals surface area (Å²) in [6.07, 6.45) is 1.50. The van der Waals surface area contributed by atoms with E-state index in [9.17, 15) is 9.59 Å². The van der Waals surface area contributed by atoms with Gasteiger partial charge >= 0.3 is 5.97 Å². The second-order valence-electron chi connectivity index (χ2n) is 9.21. The summed E-state index contributed by atoms with van der Waals surface area (Å²) in [5.74, 6) is 0.490. The average Bonchev–Trinajstić information content (AvgIpc) is 2.99. The number of nitrogens with zero attached hydrogens (tertiary/aromatic N) is 1. The molecule has 1 aliphatic rings. The fourth-order valence-corrected chi connectivity index (χ4v) is 5.22. The molecule has 1 aliphatic heterocycles. The van der Waals surface area contributed by atoms with Crippen LogP contribution in [0.4, 0.5) is 0 Å². The Morgan fingerprint density at radius 3 is 2.56 bits per heavy atom. The van der Waals surface area contributed by atoms with Gasteiger partial charge in [-0.15, -0.1) is 0 Å². The van der Waals surface area contributed by atoms with Gasteiger partial charge in [0.05, 0.1) is 31.5 Å². The third-order valence-corrected chi connectivity index (χ3v) is 7.08. The summed E-state index contributed by atoms with van der Waals surface area (Å²) in [6.45, 7) is 3.72. The Labute approximate surface area is 269 Å². The van der Waals surface area contributed by atoms with Crippen molar-refractivity contribution in [3.05, 3.63) is 98.3 Å². The van der Waals surface area contributed by atoms with Crippen LogP contribution in [-0.4, -0.2) is 43.5 Å². The number of allylic oxidation sites excluding steroid dienone is 1. The van der Waals surface area contributed by atoms with Crippen molar-refractivity contribution in [1.82, 2.24) is 16.1 Å². The van der Waals surface area contributed by atoms with Gasteiger partial charge in [0.15, 0.2) is 23.2 Å². The maximum absolute atomic E-state index is 12.8. The number of rotatable bonds is 12. The Bertz CT molecular complexity index is 1550. The fraction of sp³-hybridized carbons (Fsp3) is 0.226. The number of nitrogens with one attached hydrogen (secondary N) is 3. The number of thiocarbonyl (C=S) groups is 1. The lowest BCUT2D eigenvalue weighted by molar-refractivity contribution is -0.139. The molecule has 0 aromatic heterocycles. The van der Waals surface area contributed by atoms with Crippen LogP contribution in [0.5, 0.6) is 17.2 Å². The summed E-state index contributed by atoms with van der Waals surface area (Å²) in [7, 11) is 1.57. The van der Waals surface area contributed by atoms with Gasteiger partial charge in [-0.25, -0.2) is 10.2 Å². The number of halogens is 1. The van der Waals surface area contributed by atoms with Crippen molar-refractivity contribution < 1.29 is 28.5 Å². The van der Waals surface area contributed by atoms with Gasteiger partial charge < -0.3 is 29.6 Å². The SMILES string of the molecule is CCOC(=O)C1=C(C)NC(=S)N[C@H]1c1ccccc1OCC(=O)NN=Cc1cc(I)cc(OC)c1OCc1ccccc1. The molecule has 0 saturated carbocycles. The molecule has 10 nitrogen and oxygen atoms in total. The molecule has 0 unspecified atom stereocenters. The Balaban J connectivity index is 1.45. The molecule has 224 valence electrons. The number of carbonyl (C=O) groups is 2. The number of methoxy groups -OCH3 is 1. The minimum atomic E-state index is -0.630. The predicted molar refractivity (Wildman–Crippen MR) is 175 cm³/mol. The highest BCUT2D eigenvalue weighted by Crippen LogP contribution is 2.34. The fourth-order valence-electron chi connectivity index (χ4n) is 4.33. The second-order valence-corrected chi connectivity index (χ2v) is 10.9. The molecular weight excluding hydrogens is 683 g/mol. The number of hydrogen-bond acceptors (Lipinski definition) is 8. The lowest BCUT2D eigenvalue weighted by atomic mass is 9.95. The van der Waals surface area contributed by atoms with E-state index in [4.69, 9.17) is 31.2 Å². The summed E-state index contributed by atoms with van der Waals surface area (Å²) in [6, 6.07) is 20.0. The van der Waals surface area contributed by atoms with Crippen LogP contribution >= 0.6 is 34.8 Å². The van der Waals surface area contributed by atoms with Gasteiger partial charge in [0.25, 0.3) is 5.91 Å². The third kappa shape index (κ3) is 8.45. The molecule has 0 saturated heterocycles. The van der Waals surface area contributed by atoms with Gasteiger partial charge in [-0.1, -0.05) is 48.5 Å². The van der Waals surface area contributed by atoms with Gasteiger partial charge in [0.2, 0.25) is 0 Å². The van der Waals surface area contributed by atoms with Crippen molar-refractivity contribution in [2.45, 2.75) is 26.5 Å². The Morgan fingerprint density at radius 1 is 1.07 bits per heavy atom. The number of carbonyl (C=O) groups excluding carboxylic acids is 2. The first-order valence-corrected chi connectivity index (χ1v) is 14.8. The zero-order valence-electron chi connectivity index (χ0n) is 23.8. The van der Waals surface area contributed by atoms with Crippen LogP contribution in [0.2, 0.25) is 0 Å². The van der Waals surface area contributed by atoms with E-state index in [1.165, 1.54) is 6.21 Å². The van der Waals surface area contributed by atoms with E-state index < -0.39 is 17.9 Å². The molecule has 12 heteroatoms. The first kappa shape index (κ1) is 31.8. The van der Waals surface area contributed by atoms with E-state index >= 15 is 0 Å². The molecule has 43 heavy (non-hydrogen) atoms. The van der Waals surface area contributed by atoms with Gasteiger partial charge in [-0.3, -0.25) is 4.79 Å². The molecule has 0 radical (unpaired) electrons. The van der Waals surface area contributed by atoms with Crippen LogP contribution in [0.1, 0.15) is 36.6 Å². The van der Waals surface area contributed by atoms with Crippen LogP contribution in [0.3, 0.4) is 0 Å². The molecule has 3 N–H and O–H groups in total. The molecule has 1 atom stereocenters. The molecule has 3 aromatic rings. The molecule has 0 fully saturated rings.